The molecule has 1 fully saturated rings. The van der Waals surface area contributed by atoms with E-state index in [9.17, 15) is 0 Å². The van der Waals surface area contributed by atoms with Gasteiger partial charge in [-0.1, -0.05) is 25.5 Å². The van der Waals surface area contributed by atoms with Crippen LogP contribution < -0.4 is 9.46 Å². The van der Waals surface area contributed by atoms with E-state index in [0.29, 0.717) is 0 Å². The van der Waals surface area contributed by atoms with Crippen LogP contribution in [0.2, 0.25) is 0 Å². The number of nitrogens with zero attached hydrogens (tertiary/aromatic N) is 1. The number of anilines is 1. The van der Waals surface area contributed by atoms with Crippen LogP contribution in [0.5, 0.6) is 5.75 Å². The molecule has 1 aliphatic heterocycles. The monoisotopic (exact) mass is 264 g/mol. The maximum Gasteiger partial charge on any atom is 0.220 e. The van der Waals surface area contributed by atoms with Crippen molar-refractivity contribution >= 4 is 17.6 Å². The normalized spacial score (nSPS) is 22.9. The molecule has 0 radical (unpaired) electrons. The van der Waals surface area contributed by atoms with Gasteiger partial charge in [-0.15, -0.1) is 0 Å². The fourth-order valence-corrected chi connectivity index (χ4v) is 3.43. The molecular weight excluding hydrogens is 244 g/mol. The molecule has 18 heavy (non-hydrogen) atoms. The molecule has 0 aromatic heterocycles. The summed E-state index contributed by atoms with van der Waals surface area (Å²) in [5, 5.41) is 0. The van der Waals surface area contributed by atoms with Crippen LogP contribution in [-0.2, 0) is 0 Å². The van der Waals surface area contributed by atoms with Crippen LogP contribution >= 0.6 is 11.9 Å². The zero-order valence-corrected chi connectivity index (χ0v) is 11.6. The Morgan fingerprint density at radius 2 is 2.22 bits per heavy atom. The van der Waals surface area contributed by atoms with Gasteiger partial charge in [-0.2, -0.15) is 0 Å². The van der Waals surface area contributed by atoms with E-state index < -0.39 is 0 Å². The van der Waals surface area contributed by atoms with Crippen LogP contribution in [0.25, 0.3) is 0 Å². The van der Waals surface area contributed by atoms with Crippen molar-refractivity contribution in [3.63, 3.8) is 0 Å². The number of fused-ring (bicyclic) bond motifs is 1. The molecule has 1 aromatic carbocycles. The number of hydrogen-bond acceptors (Lipinski definition) is 4. The number of benzene rings is 1. The molecule has 1 aromatic rings. The van der Waals surface area contributed by atoms with Crippen molar-refractivity contribution < 1.29 is 4.74 Å². The topological polar surface area (TPSA) is 24.5 Å². The molecule has 1 aliphatic carbocycles. The maximum absolute atomic E-state index is 6.13. The van der Waals surface area contributed by atoms with E-state index in [4.69, 9.17) is 4.74 Å². The Morgan fingerprint density at radius 1 is 1.39 bits per heavy atom. The van der Waals surface area contributed by atoms with E-state index in [1.54, 1.807) is 11.9 Å². The minimum atomic E-state index is 0.116. The molecule has 1 heterocycles. The van der Waals surface area contributed by atoms with Crippen molar-refractivity contribution in [3.05, 3.63) is 24.3 Å². The fourth-order valence-electron chi connectivity index (χ4n) is 2.47. The third-order valence-electron chi connectivity index (χ3n) is 3.68. The van der Waals surface area contributed by atoms with Crippen molar-refractivity contribution in [3.8, 4) is 5.75 Å². The van der Waals surface area contributed by atoms with Gasteiger partial charge in [0.15, 0.2) is 0 Å². The predicted octanol–water partition coefficient (Wildman–Crippen LogP) is 3.69. The molecule has 98 valence electrons. The highest BCUT2D eigenvalue weighted by Gasteiger charge is 2.33. The largest absolute Gasteiger partial charge is 0.462 e. The zero-order chi connectivity index (χ0) is 12.4. The maximum atomic E-state index is 6.13. The van der Waals surface area contributed by atoms with Gasteiger partial charge in [0.05, 0.1) is 5.69 Å². The molecule has 0 bridgehead atoms. The molecule has 3 rings (SSSR count). The first-order chi connectivity index (χ1) is 8.88. The highest BCUT2D eigenvalue weighted by molar-refractivity contribution is 8.01. The lowest BCUT2D eigenvalue weighted by molar-refractivity contribution is 0.0242. The summed E-state index contributed by atoms with van der Waals surface area (Å²) in [4.78, 5) is 2.51. The second kappa shape index (κ2) is 5.41. The van der Waals surface area contributed by atoms with Gasteiger partial charge in [-0.25, -0.2) is 0 Å². The first kappa shape index (κ1) is 12.2. The zero-order valence-electron chi connectivity index (χ0n) is 10.8. The van der Waals surface area contributed by atoms with Gasteiger partial charge in [0.1, 0.15) is 5.75 Å². The lowest BCUT2D eigenvalue weighted by Gasteiger charge is -2.43. The number of ether oxygens (including phenoxy) is 1. The summed E-state index contributed by atoms with van der Waals surface area (Å²) < 4.78 is 9.53. The lowest BCUT2D eigenvalue weighted by atomic mass is 9.92. The van der Waals surface area contributed by atoms with Gasteiger partial charge in [0.2, 0.25) is 5.56 Å². The summed E-state index contributed by atoms with van der Waals surface area (Å²) >= 11 is 1.69. The highest BCUT2D eigenvalue weighted by atomic mass is 32.2. The minimum Gasteiger partial charge on any atom is -0.462 e. The second-order valence-electron chi connectivity index (χ2n) is 4.96. The second-order valence-corrected chi connectivity index (χ2v) is 5.81. The van der Waals surface area contributed by atoms with Gasteiger partial charge in [0, 0.05) is 24.5 Å². The van der Waals surface area contributed by atoms with Gasteiger partial charge in [-0.3, -0.25) is 4.90 Å². The predicted molar refractivity (Wildman–Crippen MR) is 76.7 cm³/mol. The fraction of sp³-hybridized carbons (Fsp3) is 0.571. The molecule has 0 amide bonds. The standard InChI is InChI=1S/C14H20N2OS/c1-2-10-16(11-6-5-7-11)14-17-13-9-4-3-8-12(13)15-18-14/h3-4,8-9,11,14-15H,2,5-7,10H2,1H3. The van der Waals surface area contributed by atoms with Gasteiger partial charge >= 0.3 is 0 Å². The highest BCUT2D eigenvalue weighted by Crippen LogP contribution is 2.38. The third-order valence-corrected chi connectivity index (χ3v) is 4.59. The summed E-state index contributed by atoms with van der Waals surface area (Å²) in [6, 6.07) is 8.88. The Hall–Kier alpha value is -0.870. The van der Waals surface area contributed by atoms with Crippen molar-refractivity contribution in [2.75, 3.05) is 11.3 Å². The number of rotatable bonds is 4. The lowest BCUT2D eigenvalue weighted by Crippen LogP contribution is -2.49. The van der Waals surface area contributed by atoms with Crippen LogP contribution in [0.4, 0.5) is 5.69 Å². The molecule has 1 unspecified atom stereocenters. The quantitative estimate of drug-likeness (QED) is 0.838. The Labute approximate surface area is 113 Å². The van der Waals surface area contributed by atoms with E-state index >= 15 is 0 Å². The average Bonchev–Trinajstić information content (AvgIpc) is 2.35. The van der Waals surface area contributed by atoms with E-state index in [-0.39, 0.29) is 5.56 Å². The van der Waals surface area contributed by atoms with E-state index in [0.717, 1.165) is 24.0 Å². The molecule has 2 aliphatic rings. The number of hydrogen-bond donors (Lipinski definition) is 1. The molecular formula is C14H20N2OS. The Balaban J connectivity index is 1.72. The summed E-state index contributed by atoms with van der Waals surface area (Å²) in [5.74, 6) is 0.974. The number of nitrogens with one attached hydrogen (secondary N) is 1. The average molecular weight is 264 g/mol. The first-order valence-corrected chi connectivity index (χ1v) is 7.69. The van der Waals surface area contributed by atoms with Crippen LogP contribution in [0, 0.1) is 0 Å². The molecule has 3 nitrogen and oxygen atoms in total. The molecule has 1 atom stereocenters. The Bertz CT molecular complexity index is 409. The Morgan fingerprint density at radius 3 is 2.94 bits per heavy atom. The van der Waals surface area contributed by atoms with Crippen LogP contribution in [0.3, 0.4) is 0 Å². The molecule has 0 saturated heterocycles. The van der Waals surface area contributed by atoms with Crippen molar-refractivity contribution in [1.82, 2.24) is 4.90 Å². The molecule has 4 heteroatoms. The summed E-state index contributed by atoms with van der Waals surface area (Å²) in [6.45, 7) is 3.35. The third kappa shape index (κ3) is 2.31. The van der Waals surface area contributed by atoms with Crippen LogP contribution in [0.1, 0.15) is 32.6 Å². The van der Waals surface area contributed by atoms with Gasteiger partial charge in [0.25, 0.3) is 0 Å². The van der Waals surface area contributed by atoms with E-state index in [1.807, 2.05) is 18.2 Å². The number of para-hydroxylation sites is 2. The van der Waals surface area contributed by atoms with Crippen molar-refractivity contribution in [1.29, 1.82) is 0 Å². The molecule has 0 spiro atoms. The smallest absolute Gasteiger partial charge is 0.220 e. The van der Waals surface area contributed by atoms with Crippen molar-refractivity contribution in [2.24, 2.45) is 0 Å². The van der Waals surface area contributed by atoms with E-state index in [1.165, 1.54) is 25.7 Å². The van der Waals surface area contributed by atoms with Crippen LogP contribution in [-0.4, -0.2) is 23.0 Å². The SMILES string of the molecule is CCCN(C1CCC1)C1Oc2ccccc2NS1. The summed E-state index contributed by atoms with van der Waals surface area (Å²) in [6.07, 6.45) is 5.19. The van der Waals surface area contributed by atoms with Gasteiger partial charge < -0.3 is 9.46 Å². The summed E-state index contributed by atoms with van der Waals surface area (Å²) in [5.41, 5.74) is 1.20. The Kier molecular flexibility index (Phi) is 3.66. The van der Waals surface area contributed by atoms with Crippen LogP contribution in [0.15, 0.2) is 24.3 Å². The summed E-state index contributed by atoms with van der Waals surface area (Å²) in [7, 11) is 0. The van der Waals surface area contributed by atoms with Gasteiger partial charge in [-0.05, 0) is 31.4 Å². The van der Waals surface area contributed by atoms with E-state index in [2.05, 4.69) is 22.6 Å². The molecule has 1 saturated carbocycles. The van der Waals surface area contributed by atoms with Crippen molar-refractivity contribution in [2.45, 2.75) is 44.2 Å². The molecule has 1 N–H and O–H groups in total. The minimum absolute atomic E-state index is 0.116. The first-order valence-electron chi connectivity index (χ1n) is 6.81.